The number of fused-ring (bicyclic) bond motifs is 1. The molecule has 0 fully saturated rings. The molecule has 0 saturated heterocycles. The number of nitrogen functional groups attached to an aromatic ring is 1. The molecule has 2 heterocycles. The molecular formula is C16H23N5S. The van der Waals surface area contributed by atoms with Crippen LogP contribution in [-0.4, -0.2) is 40.8 Å². The first-order valence-electron chi connectivity index (χ1n) is 7.81. The Morgan fingerprint density at radius 2 is 2.14 bits per heavy atom. The maximum absolute atomic E-state index is 5.59. The molecule has 0 spiro atoms. The van der Waals surface area contributed by atoms with Crippen molar-refractivity contribution >= 4 is 16.5 Å². The molecular weight excluding hydrogens is 294 g/mol. The minimum Gasteiger partial charge on any atom is -0.374 e. The minimum absolute atomic E-state index is 0.468. The summed E-state index contributed by atoms with van der Waals surface area (Å²) in [6, 6.07) is 9.24. The molecule has 1 atom stereocenters. The van der Waals surface area contributed by atoms with Crippen LogP contribution < -0.4 is 11.1 Å². The summed E-state index contributed by atoms with van der Waals surface area (Å²) in [7, 11) is 0. The summed E-state index contributed by atoms with van der Waals surface area (Å²) in [6.07, 6.45) is 2.05. The predicted octanol–water partition coefficient (Wildman–Crippen LogP) is 1.70. The first kappa shape index (κ1) is 15.4. The van der Waals surface area contributed by atoms with Gasteiger partial charge in [-0.2, -0.15) is 0 Å². The second-order valence-electron chi connectivity index (χ2n) is 5.89. The van der Waals surface area contributed by atoms with Crippen LogP contribution in [-0.2, 0) is 19.4 Å². The van der Waals surface area contributed by atoms with Crippen molar-refractivity contribution in [1.29, 1.82) is 0 Å². The summed E-state index contributed by atoms with van der Waals surface area (Å²) in [4.78, 5) is 2.53. The van der Waals surface area contributed by atoms with Gasteiger partial charge >= 0.3 is 0 Å². The van der Waals surface area contributed by atoms with Gasteiger partial charge in [-0.05, 0) is 24.5 Å². The van der Waals surface area contributed by atoms with Gasteiger partial charge in [0.15, 0.2) is 0 Å². The van der Waals surface area contributed by atoms with Gasteiger partial charge in [-0.1, -0.05) is 35.6 Å². The summed E-state index contributed by atoms with van der Waals surface area (Å²) in [5.74, 6) is 0. The Morgan fingerprint density at radius 3 is 2.91 bits per heavy atom. The number of benzene rings is 1. The molecule has 0 aliphatic carbocycles. The average Bonchev–Trinajstić information content (AvgIpc) is 2.92. The summed E-state index contributed by atoms with van der Waals surface area (Å²) in [6.45, 7) is 6.45. The van der Waals surface area contributed by atoms with E-state index >= 15 is 0 Å². The van der Waals surface area contributed by atoms with E-state index in [1.165, 1.54) is 22.5 Å². The number of hydrogen-bond acceptors (Lipinski definition) is 6. The van der Waals surface area contributed by atoms with Gasteiger partial charge in [0, 0.05) is 38.6 Å². The molecule has 2 aromatic rings. The monoisotopic (exact) mass is 317 g/mol. The van der Waals surface area contributed by atoms with Gasteiger partial charge in [-0.25, -0.2) is 0 Å². The van der Waals surface area contributed by atoms with E-state index in [2.05, 4.69) is 51.6 Å². The third kappa shape index (κ3) is 4.03. The first-order valence-corrected chi connectivity index (χ1v) is 8.63. The van der Waals surface area contributed by atoms with Gasteiger partial charge in [-0.15, -0.1) is 10.2 Å². The van der Waals surface area contributed by atoms with Crippen molar-refractivity contribution in [2.24, 2.45) is 0 Å². The van der Waals surface area contributed by atoms with E-state index in [0.717, 1.165) is 44.0 Å². The number of nitrogens with two attached hydrogens (primary N) is 1. The molecule has 1 aliphatic heterocycles. The van der Waals surface area contributed by atoms with E-state index in [9.17, 15) is 0 Å². The normalized spacial score (nSPS) is 16.4. The third-order valence-corrected chi connectivity index (χ3v) is 4.87. The van der Waals surface area contributed by atoms with Crippen molar-refractivity contribution in [2.75, 3.05) is 25.4 Å². The SMILES string of the molecule is C[C@@H](CN1CCc2ccccc2C1)NCCc1nnc(N)s1. The lowest BCUT2D eigenvalue weighted by Gasteiger charge is -2.31. The fourth-order valence-corrected chi connectivity index (χ4v) is 3.56. The van der Waals surface area contributed by atoms with Crippen LogP contribution in [0.1, 0.15) is 23.1 Å². The van der Waals surface area contributed by atoms with Crippen LogP contribution in [0.4, 0.5) is 5.13 Å². The Labute approximate surface area is 135 Å². The smallest absolute Gasteiger partial charge is 0.203 e. The zero-order chi connectivity index (χ0) is 15.4. The Kier molecular flexibility index (Phi) is 5.02. The molecule has 3 rings (SSSR count). The van der Waals surface area contributed by atoms with Gasteiger partial charge in [0.25, 0.3) is 0 Å². The number of nitrogens with one attached hydrogen (secondary N) is 1. The Morgan fingerprint density at radius 1 is 1.32 bits per heavy atom. The summed E-state index contributed by atoms with van der Waals surface area (Å²) >= 11 is 1.47. The fraction of sp³-hybridized carbons (Fsp3) is 0.500. The van der Waals surface area contributed by atoms with Crippen molar-refractivity contribution in [3.63, 3.8) is 0 Å². The van der Waals surface area contributed by atoms with Gasteiger partial charge in [0.2, 0.25) is 5.13 Å². The maximum atomic E-state index is 5.59. The molecule has 1 aliphatic rings. The molecule has 22 heavy (non-hydrogen) atoms. The zero-order valence-corrected chi connectivity index (χ0v) is 13.8. The van der Waals surface area contributed by atoms with Gasteiger partial charge < -0.3 is 11.1 Å². The molecule has 0 radical (unpaired) electrons. The van der Waals surface area contributed by atoms with E-state index in [4.69, 9.17) is 5.73 Å². The second kappa shape index (κ2) is 7.17. The maximum Gasteiger partial charge on any atom is 0.203 e. The number of hydrogen-bond donors (Lipinski definition) is 2. The van der Waals surface area contributed by atoms with Crippen molar-refractivity contribution in [1.82, 2.24) is 20.4 Å². The first-order chi connectivity index (χ1) is 10.7. The Bertz CT molecular complexity index is 612. The molecule has 0 unspecified atom stereocenters. The van der Waals surface area contributed by atoms with E-state index in [0.29, 0.717) is 11.2 Å². The van der Waals surface area contributed by atoms with Crippen molar-refractivity contribution in [2.45, 2.75) is 32.4 Å². The average molecular weight is 317 g/mol. The molecule has 1 aromatic heterocycles. The second-order valence-corrected chi connectivity index (χ2v) is 6.99. The quantitative estimate of drug-likeness (QED) is 0.849. The topological polar surface area (TPSA) is 67.1 Å². The van der Waals surface area contributed by atoms with Crippen LogP contribution in [0.25, 0.3) is 0 Å². The number of anilines is 1. The zero-order valence-electron chi connectivity index (χ0n) is 13.0. The van der Waals surface area contributed by atoms with Gasteiger partial charge in [0.05, 0.1) is 0 Å². The highest BCUT2D eigenvalue weighted by atomic mass is 32.1. The Hall–Kier alpha value is -1.50. The number of aromatic nitrogens is 2. The predicted molar refractivity (Wildman–Crippen MR) is 90.9 cm³/mol. The van der Waals surface area contributed by atoms with Gasteiger partial charge in [-0.3, -0.25) is 4.90 Å². The van der Waals surface area contributed by atoms with E-state index in [1.807, 2.05) is 0 Å². The third-order valence-electron chi connectivity index (χ3n) is 4.06. The van der Waals surface area contributed by atoms with E-state index in [1.54, 1.807) is 0 Å². The van der Waals surface area contributed by atoms with Crippen molar-refractivity contribution < 1.29 is 0 Å². The standard InChI is InChI=1S/C16H23N5S/c1-12(18-8-6-15-19-20-16(17)22-15)10-21-9-7-13-4-2-3-5-14(13)11-21/h2-5,12,18H,6-11H2,1H3,(H2,17,20)/t12-/m0/s1. The van der Waals surface area contributed by atoms with Crippen LogP contribution in [0.5, 0.6) is 0 Å². The molecule has 5 nitrogen and oxygen atoms in total. The lowest BCUT2D eigenvalue weighted by molar-refractivity contribution is 0.230. The molecule has 118 valence electrons. The van der Waals surface area contributed by atoms with Crippen molar-refractivity contribution in [3.8, 4) is 0 Å². The lowest BCUT2D eigenvalue weighted by atomic mass is 10.00. The lowest BCUT2D eigenvalue weighted by Crippen LogP contribution is -2.42. The highest BCUT2D eigenvalue weighted by molar-refractivity contribution is 7.15. The highest BCUT2D eigenvalue weighted by Crippen LogP contribution is 2.18. The van der Waals surface area contributed by atoms with E-state index < -0.39 is 0 Å². The van der Waals surface area contributed by atoms with Crippen LogP contribution in [0, 0.1) is 0 Å². The highest BCUT2D eigenvalue weighted by Gasteiger charge is 2.17. The van der Waals surface area contributed by atoms with E-state index in [-0.39, 0.29) is 0 Å². The van der Waals surface area contributed by atoms with Crippen LogP contribution in [0.3, 0.4) is 0 Å². The molecule has 0 saturated carbocycles. The minimum atomic E-state index is 0.468. The van der Waals surface area contributed by atoms with Crippen molar-refractivity contribution in [3.05, 3.63) is 40.4 Å². The van der Waals surface area contributed by atoms with Crippen LogP contribution >= 0.6 is 11.3 Å². The van der Waals surface area contributed by atoms with Gasteiger partial charge in [0.1, 0.15) is 5.01 Å². The fourth-order valence-electron chi connectivity index (χ4n) is 2.95. The van der Waals surface area contributed by atoms with Crippen LogP contribution in [0.2, 0.25) is 0 Å². The largest absolute Gasteiger partial charge is 0.374 e. The summed E-state index contributed by atoms with van der Waals surface area (Å²) < 4.78 is 0. The number of rotatable bonds is 6. The molecule has 3 N–H and O–H groups in total. The summed E-state index contributed by atoms with van der Waals surface area (Å²) in [5.41, 5.74) is 8.58. The van der Waals surface area contributed by atoms with Crippen LogP contribution in [0.15, 0.2) is 24.3 Å². The molecule has 6 heteroatoms. The summed E-state index contributed by atoms with van der Waals surface area (Å²) in [5, 5.41) is 13.0. The molecule has 0 bridgehead atoms. The number of nitrogens with zero attached hydrogens (tertiary/aromatic N) is 3. The Balaban J connectivity index is 1.42. The molecule has 0 amide bonds. The molecule has 1 aromatic carbocycles.